The Hall–Kier alpha value is -0.200. The number of nitrogens with zero attached hydrogens (tertiary/aromatic N) is 1. The lowest BCUT2D eigenvalue weighted by molar-refractivity contribution is 0.247. The molecule has 0 aromatic heterocycles. The zero-order valence-electron chi connectivity index (χ0n) is 11.0. The number of hydrogen-bond acceptors (Lipinski definition) is 5. The van der Waals surface area contributed by atoms with Crippen molar-refractivity contribution in [3.8, 4) is 0 Å². The van der Waals surface area contributed by atoms with E-state index in [0.29, 0.717) is 0 Å². The van der Waals surface area contributed by atoms with Crippen LogP contribution in [0.1, 0.15) is 12.8 Å². The van der Waals surface area contributed by atoms with Gasteiger partial charge in [-0.2, -0.15) is 0 Å². The lowest BCUT2D eigenvalue weighted by Crippen LogP contribution is -2.45. The van der Waals surface area contributed by atoms with Crippen molar-refractivity contribution >= 4 is 0 Å². The molecular formula is C12H29N5. The number of piperazine rings is 1. The fourth-order valence-electron chi connectivity index (χ4n) is 2.23. The Morgan fingerprint density at radius 1 is 0.941 bits per heavy atom. The minimum Gasteiger partial charge on any atom is -0.330 e. The Labute approximate surface area is 105 Å². The number of hydrogen-bond donors (Lipinski definition) is 4. The molecule has 2 saturated heterocycles. The van der Waals surface area contributed by atoms with Crippen LogP contribution in [0, 0.1) is 5.92 Å². The zero-order valence-corrected chi connectivity index (χ0v) is 11.0. The minimum atomic E-state index is 0.792. The molecule has 0 bridgehead atoms. The van der Waals surface area contributed by atoms with Gasteiger partial charge in [0.05, 0.1) is 0 Å². The second-order valence-corrected chi connectivity index (χ2v) is 4.81. The molecule has 102 valence electrons. The van der Waals surface area contributed by atoms with Gasteiger partial charge in [-0.05, 0) is 38.4 Å². The van der Waals surface area contributed by atoms with Crippen molar-refractivity contribution in [3.05, 3.63) is 0 Å². The Morgan fingerprint density at radius 3 is 2.00 bits per heavy atom. The highest BCUT2D eigenvalue weighted by atomic mass is 15.2. The van der Waals surface area contributed by atoms with Gasteiger partial charge in [0.1, 0.15) is 0 Å². The first kappa shape index (κ1) is 14.9. The van der Waals surface area contributed by atoms with E-state index in [1.807, 2.05) is 0 Å². The van der Waals surface area contributed by atoms with Gasteiger partial charge in [0, 0.05) is 39.3 Å². The normalized spacial score (nSPS) is 22.9. The van der Waals surface area contributed by atoms with Gasteiger partial charge in [-0.25, -0.2) is 0 Å². The zero-order chi connectivity index (χ0) is 12.3. The maximum atomic E-state index is 5.48. The highest BCUT2D eigenvalue weighted by Crippen LogP contribution is 2.07. The largest absolute Gasteiger partial charge is 0.330 e. The maximum absolute atomic E-state index is 5.48. The minimum absolute atomic E-state index is 0.792. The van der Waals surface area contributed by atoms with Crippen molar-refractivity contribution in [3.63, 3.8) is 0 Å². The van der Waals surface area contributed by atoms with E-state index in [2.05, 4.69) is 15.5 Å². The van der Waals surface area contributed by atoms with E-state index in [-0.39, 0.29) is 0 Å². The molecule has 2 rings (SSSR count). The SMILES string of the molecule is NCC1CCNCC1.NCCN1CCNCC1. The van der Waals surface area contributed by atoms with Gasteiger partial charge in [-0.15, -0.1) is 0 Å². The van der Waals surface area contributed by atoms with E-state index < -0.39 is 0 Å². The van der Waals surface area contributed by atoms with Crippen LogP contribution in [0.2, 0.25) is 0 Å². The molecule has 0 aromatic rings. The summed E-state index contributed by atoms with van der Waals surface area (Å²) in [5, 5.41) is 6.58. The van der Waals surface area contributed by atoms with Crippen LogP contribution >= 0.6 is 0 Å². The Bertz CT molecular complexity index is 162. The van der Waals surface area contributed by atoms with Crippen molar-refractivity contribution in [1.29, 1.82) is 0 Å². The summed E-state index contributed by atoms with van der Waals surface area (Å²) in [5.41, 5.74) is 10.9. The van der Waals surface area contributed by atoms with Gasteiger partial charge in [0.15, 0.2) is 0 Å². The van der Waals surface area contributed by atoms with E-state index >= 15 is 0 Å². The molecule has 0 aliphatic carbocycles. The van der Waals surface area contributed by atoms with E-state index in [9.17, 15) is 0 Å². The molecule has 0 unspecified atom stereocenters. The highest BCUT2D eigenvalue weighted by Gasteiger charge is 2.09. The first-order chi connectivity index (χ1) is 8.36. The van der Waals surface area contributed by atoms with Gasteiger partial charge < -0.3 is 22.1 Å². The fraction of sp³-hybridized carbons (Fsp3) is 1.00. The monoisotopic (exact) mass is 243 g/mol. The maximum Gasteiger partial charge on any atom is 0.0108 e. The van der Waals surface area contributed by atoms with Crippen LogP contribution in [0.3, 0.4) is 0 Å². The van der Waals surface area contributed by atoms with Crippen molar-refractivity contribution in [2.45, 2.75) is 12.8 Å². The predicted octanol–water partition coefficient (Wildman–Crippen LogP) is -1.20. The molecule has 2 heterocycles. The molecule has 2 aliphatic rings. The molecule has 6 N–H and O–H groups in total. The van der Waals surface area contributed by atoms with E-state index in [4.69, 9.17) is 11.5 Å². The van der Waals surface area contributed by atoms with E-state index in [1.54, 1.807) is 0 Å². The molecule has 5 heteroatoms. The predicted molar refractivity (Wildman–Crippen MR) is 73.0 cm³/mol. The number of rotatable bonds is 3. The van der Waals surface area contributed by atoms with E-state index in [1.165, 1.54) is 25.9 Å². The van der Waals surface area contributed by atoms with Crippen LogP contribution in [-0.4, -0.2) is 63.8 Å². The Balaban J connectivity index is 0.000000171. The molecule has 0 amide bonds. The molecule has 17 heavy (non-hydrogen) atoms. The lowest BCUT2D eigenvalue weighted by atomic mass is 9.99. The van der Waals surface area contributed by atoms with Crippen molar-refractivity contribution < 1.29 is 0 Å². The Kier molecular flexibility index (Phi) is 8.56. The van der Waals surface area contributed by atoms with Crippen molar-refractivity contribution in [1.82, 2.24) is 15.5 Å². The summed E-state index contributed by atoms with van der Waals surface area (Å²) in [6, 6.07) is 0. The molecule has 0 saturated carbocycles. The van der Waals surface area contributed by atoms with Crippen LogP contribution in [0.4, 0.5) is 0 Å². The van der Waals surface area contributed by atoms with Gasteiger partial charge in [-0.1, -0.05) is 0 Å². The molecular weight excluding hydrogens is 214 g/mol. The van der Waals surface area contributed by atoms with Crippen LogP contribution in [-0.2, 0) is 0 Å². The average Bonchev–Trinajstić information content (AvgIpc) is 2.42. The summed E-state index contributed by atoms with van der Waals surface area (Å²) in [6.45, 7) is 9.64. The molecule has 2 aliphatic heterocycles. The summed E-state index contributed by atoms with van der Waals surface area (Å²) in [7, 11) is 0. The summed E-state index contributed by atoms with van der Waals surface area (Å²) < 4.78 is 0. The second-order valence-electron chi connectivity index (χ2n) is 4.81. The third-order valence-electron chi connectivity index (χ3n) is 3.45. The Morgan fingerprint density at radius 2 is 1.53 bits per heavy atom. The average molecular weight is 243 g/mol. The molecule has 0 atom stereocenters. The second kappa shape index (κ2) is 9.79. The molecule has 0 spiro atoms. The summed E-state index contributed by atoms with van der Waals surface area (Å²) in [4.78, 5) is 2.39. The first-order valence-electron chi connectivity index (χ1n) is 6.90. The highest BCUT2D eigenvalue weighted by molar-refractivity contribution is 4.68. The summed E-state index contributed by atoms with van der Waals surface area (Å²) in [5.74, 6) is 0.802. The van der Waals surface area contributed by atoms with Crippen molar-refractivity contribution in [2.24, 2.45) is 17.4 Å². The van der Waals surface area contributed by atoms with Gasteiger partial charge in [0.2, 0.25) is 0 Å². The molecule has 5 nitrogen and oxygen atoms in total. The first-order valence-corrected chi connectivity index (χ1v) is 6.90. The van der Waals surface area contributed by atoms with Crippen LogP contribution < -0.4 is 22.1 Å². The van der Waals surface area contributed by atoms with Gasteiger partial charge in [-0.3, -0.25) is 4.90 Å². The number of piperidine rings is 1. The standard InChI is InChI=1S/C6H15N3.C6H14N2/c7-1-4-9-5-2-8-3-6-9;7-5-6-1-3-8-4-2-6/h8H,1-7H2;6,8H,1-5,7H2. The third-order valence-corrected chi connectivity index (χ3v) is 3.45. The molecule has 2 fully saturated rings. The van der Waals surface area contributed by atoms with Crippen molar-refractivity contribution in [2.75, 3.05) is 58.9 Å². The summed E-state index contributed by atoms with van der Waals surface area (Å²) >= 11 is 0. The summed E-state index contributed by atoms with van der Waals surface area (Å²) in [6.07, 6.45) is 2.55. The van der Waals surface area contributed by atoms with Crippen LogP contribution in [0.5, 0.6) is 0 Å². The van der Waals surface area contributed by atoms with E-state index in [0.717, 1.165) is 51.7 Å². The van der Waals surface area contributed by atoms with Crippen LogP contribution in [0.15, 0.2) is 0 Å². The van der Waals surface area contributed by atoms with Gasteiger partial charge in [0.25, 0.3) is 0 Å². The molecule has 0 radical (unpaired) electrons. The lowest BCUT2D eigenvalue weighted by Gasteiger charge is -2.26. The quantitative estimate of drug-likeness (QED) is 0.500. The fourth-order valence-corrected chi connectivity index (χ4v) is 2.23. The van der Waals surface area contributed by atoms with Gasteiger partial charge >= 0.3 is 0 Å². The van der Waals surface area contributed by atoms with Crippen LogP contribution in [0.25, 0.3) is 0 Å². The smallest absolute Gasteiger partial charge is 0.0108 e. The topological polar surface area (TPSA) is 79.3 Å². The third kappa shape index (κ3) is 6.95. The molecule has 0 aromatic carbocycles. The number of nitrogens with two attached hydrogens (primary N) is 2. The number of nitrogens with one attached hydrogen (secondary N) is 2.